The number of nitrogens with zero attached hydrogens (tertiary/aromatic N) is 2. The van der Waals surface area contributed by atoms with Crippen molar-refractivity contribution in [2.45, 2.75) is 0 Å². The summed E-state index contributed by atoms with van der Waals surface area (Å²) >= 11 is 2.28. The van der Waals surface area contributed by atoms with Crippen molar-refractivity contribution in [3.05, 3.63) is 34.4 Å². The molecule has 3 heteroatoms. The highest BCUT2D eigenvalue weighted by atomic mass is 127. The van der Waals surface area contributed by atoms with E-state index in [1.807, 2.05) is 16.8 Å². The van der Waals surface area contributed by atoms with Gasteiger partial charge >= 0.3 is 0 Å². The molecular formula is C7H5IN2. The van der Waals surface area contributed by atoms with Crippen LogP contribution in [0, 0.1) is 3.57 Å². The van der Waals surface area contributed by atoms with Crippen LogP contribution in [0.2, 0.25) is 0 Å². The molecule has 2 aromatic heterocycles. The van der Waals surface area contributed by atoms with E-state index in [9.17, 15) is 0 Å². The van der Waals surface area contributed by atoms with Gasteiger partial charge in [0.1, 0.15) is 0 Å². The Kier molecular flexibility index (Phi) is 1.37. The summed E-state index contributed by atoms with van der Waals surface area (Å²) in [5, 5.41) is 0. The zero-order valence-corrected chi connectivity index (χ0v) is 7.32. The van der Waals surface area contributed by atoms with Gasteiger partial charge in [-0.3, -0.25) is 0 Å². The number of hydrogen-bond acceptors (Lipinski definition) is 1. The summed E-state index contributed by atoms with van der Waals surface area (Å²) in [5.41, 5.74) is 1.14. The van der Waals surface area contributed by atoms with E-state index in [2.05, 4.69) is 39.7 Å². The van der Waals surface area contributed by atoms with Crippen molar-refractivity contribution in [2.75, 3.05) is 0 Å². The first-order valence-corrected chi connectivity index (χ1v) is 4.01. The van der Waals surface area contributed by atoms with Crippen LogP contribution in [0.3, 0.4) is 0 Å². The summed E-state index contributed by atoms with van der Waals surface area (Å²) < 4.78 is 3.23. The van der Waals surface area contributed by atoms with Gasteiger partial charge in [-0.15, -0.1) is 0 Å². The molecule has 0 saturated carbocycles. The molecule has 2 nitrogen and oxygen atoms in total. The van der Waals surface area contributed by atoms with Crippen molar-refractivity contribution in [1.29, 1.82) is 0 Å². The van der Waals surface area contributed by atoms with Crippen LogP contribution < -0.4 is 0 Å². The third kappa shape index (κ3) is 0.901. The van der Waals surface area contributed by atoms with Gasteiger partial charge < -0.3 is 4.40 Å². The second-order valence-electron chi connectivity index (χ2n) is 2.07. The molecule has 0 bridgehead atoms. The van der Waals surface area contributed by atoms with Crippen molar-refractivity contribution in [2.24, 2.45) is 0 Å². The molecule has 0 atom stereocenters. The van der Waals surface area contributed by atoms with Crippen LogP contribution in [-0.4, -0.2) is 9.38 Å². The third-order valence-electron chi connectivity index (χ3n) is 1.37. The maximum Gasteiger partial charge on any atom is 0.0992 e. The molecule has 2 rings (SSSR count). The maximum atomic E-state index is 4.00. The van der Waals surface area contributed by atoms with E-state index in [4.69, 9.17) is 0 Å². The van der Waals surface area contributed by atoms with Gasteiger partial charge in [0.25, 0.3) is 0 Å². The van der Waals surface area contributed by atoms with Crippen molar-refractivity contribution in [3.63, 3.8) is 0 Å². The number of rotatable bonds is 0. The van der Waals surface area contributed by atoms with Gasteiger partial charge in [-0.05, 0) is 34.7 Å². The van der Waals surface area contributed by atoms with Crippen LogP contribution in [0.15, 0.2) is 30.9 Å². The molecular weight excluding hydrogens is 239 g/mol. The summed E-state index contributed by atoms with van der Waals surface area (Å²) in [6.07, 6.45) is 5.69. The molecule has 0 fully saturated rings. The van der Waals surface area contributed by atoms with E-state index in [-0.39, 0.29) is 0 Å². The number of fused-ring (bicyclic) bond motifs is 1. The zero-order chi connectivity index (χ0) is 6.97. The van der Waals surface area contributed by atoms with Crippen LogP contribution in [0.1, 0.15) is 0 Å². The predicted molar refractivity (Wildman–Crippen MR) is 47.9 cm³/mol. The highest BCUT2D eigenvalue weighted by Gasteiger charge is 1.90. The molecule has 0 aliphatic carbocycles. The van der Waals surface area contributed by atoms with Gasteiger partial charge in [-0.1, -0.05) is 0 Å². The Balaban J connectivity index is 2.86. The first-order chi connectivity index (χ1) is 4.86. The lowest BCUT2D eigenvalue weighted by atomic mass is 10.4. The van der Waals surface area contributed by atoms with Crippen LogP contribution in [0.25, 0.3) is 5.52 Å². The average molecular weight is 244 g/mol. The third-order valence-corrected chi connectivity index (χ3v) is 2.01. The monoisotopic (exact) mass is 244 g/mol. The molecule has 2 aromatic rings. The molecule has 0 spiro atoms. The van der Waals surface area contributed by atoms with E-state index in [1.165, 1.54) is 3.57 Å². The summed E-state index contributed by atoms with van der Waals surface area (Å²) in [6, 6.07) is 4.12. The summed E-state index contributed by atoms with van der Waals surface area (Å²) in [4.78, 5) is 4.00. The molecule has 0 saturated heterocycles. The second kappa shape index (κ2) is 2.23. The largest absolute Gasteiger partial charge is 0.305 e. The maximum absolute atomic E-state index is 4.00. The predicted octanol–water partition coefficient (Wildman–Crippen LogP) is 1.94. The summed E-state index contributed by atoms with van der Waals surface area (Å²) in [5.74, 6) is 0. The van der Waals surface area contributed by atoms with E-state index in [1.54, 1.807) is 6.33 Å². The molecule has 0 aromatic carbocycles. The SMILES string of the molecule is Ic1ccc2cncn2c1. The number of hydrogen-bond donors (Lipinski definition) is 0. The molecule has 2 heterocycles. The fourth-order valence-electron chi connectivity index (χ4n) is 0.893. The van der Waals surface area contributed by atoms with E-state index >= 15 is 0 Å². The van der Waals surface area contributed by atoms with E-state index in [0.29, 0.717) is 0 Å². The Hall–Kier alpha value is -0.580. The van der Waals surface area contributed by atoms with Crippen molar-refractivity contribution >= 4 is 28.1 Å². The normalized spacial score (nSPS) is 10.5. The number of imidazole rings is 1. The highest BCUT2D eigenvalue weighted by Crippen LogP contribution is 2.06. The minimum absolute atomic E-state index is 1.14. The Morgan fingerprint density at radius 2 is 2.30 bits per heavy atom. The van der Waals surface area contributed by atoms with Gasteiger partial charge in [0.2, 0.25) is 0 Å². The van der Waals surface area contributed by atoms with Gasteiger partial charge in [-0.2, -0.15) is 0 Å². The Morgan fingerprint density at radius 3 is 3.20 bits per heavy atom. The molecule has 50 valence electrons. The fourth-order valence-corrected chi connectivity index (χ4v) is 1.37. The smallest absolute Gasteiger partial charge is 0.0992 e. The van der Waals surface area contributed by atoms with E-state index < -0.39 is 0 Å². The minimum Gasteiger partial charge on any atom is -0.305 e. The average Bonchev–Trinajstić information content (AvgIpc) is 2.33. The number of halogens is 1. The van der Waals surface area contributed by atoms with Crippen LogP contribution in [0.5, 0.6) is 0 Å². The molecule has 0 amide bonds. The lowest BCUT2D eigenvalue weighted by Crippen LogP contribution is -1.81. The number of pyridine rings is 1. The molecule has 10 heavy (non-hydrogen) atoms. The number of aromatic nitrogens is 2. The standard InChI is InChI=1S/C7H5IN2/c8-6-1-2-7-3-9-5-10(7)4-6/h1-5H. The Bertz CT molecular complexity index is 353. The Labute approximate surface area is 72.0 Å². The van der Waals surface area contributed by atoms with Crippen molar-refractivity contribution in [3.8, 4) is 0 Å². The van der Waals surface area contributed by atoms with Gasteiger partial charge in [-0.25, -0.2) is 4.98 Å². The van der Waals surface area contributed by atoms with Crippen molar-refractivity contribution in [1.82, 2.24) is 9.38 Å². The first kappa shape index (κ1) is 6.15. The van der Waals surface area contributed by atoms with Crippen LogP contribution in [0.4, 0.5) is 0 Å². The zero-order valence-electron chi connectivity index (χ0n) is 5.16. The van der Waals surface area contributed by atoms with Gasteiger partial charge in [0.15, 0.2) is 0 Å². The summed E-state index contributed by atoms with van der Waals surface area (Å²) in [7, 11) is 0. The molecule has 0 aliphatic heterocycles. The van der Waals surface area contributed by atoms with E-state index in [0.717, 1.165) is 5.52 Å². The Morgan fingerprint density at radius 1 is 1.40 bits per heavy atom. The quantitative estimate of drug-likeness (QED) is 0.647. The van der Waals surface area contributed by atoms with Crippen LogP contribution in [-0.2, 0) is 0 Å². The van der Waals surface area contributed by atoms with Gasteiger partial charge in [0.05, 0.1) is 18.0 Å². The second-order valence-corrected chi connectivity index (χ2v) is 3.32. The lowest BCUT2D eigenvalue weighted by Gasteiger charge is -1.91. The van der Waals surface area contributed by atoms with Crippen LogP contribution >= 0.6 is 22.6 Å². The summed E-state index contributed by atoms with van der Waals surface area (Å²) in [6.45, 7) is 0. The molecule has 0 radical (unpaired) electrons. The first-order valence-electron chi connectivity index (χ1n) is 2.93. The minimum atomic E-state index is 1.14. The fraction of sp³-hybridized carbons (Fsp3) is 0. The highest BCUT2D eigenvalue weighted by molar-refractivity contribution is 14.1. The van der Waals surface area contributed by atoms with Crippen molar-refractivity contribution < 1.29 is 0 Å². The molecule has 0 aliphatic rings. The molecule has 0 N–H and O–H groups in total. The van der Waals surface area contributed by atoms with Gasteiger partial charge in [0, 0.05) is 9.77 Å². The molecule has 0 unspecified atom stereocenters. The topological polar surface area (TPSA) is 17.3 Å². The lowest BCUT2D eigenvalue weighted by molar-refractivity contribution is 1.14.